The molecule has 6 nitrogen and oxygen atoms in total. The number of rotatable bonds is 6. The molecule has 0 bridgehead atoms. The van der Waals surface area contributed by atoms with Crippen molar-refractivity contribution in [2.45, 2.75) is 20.3 Å². The summed E-state index contributed by atoms with van der Waals surface area (Å²) in [6.45, 7) is 4.16. The van der Waals surface area contributed by atoms with E-state index in [1.165, 1.54) is 0 Å². The average molecular weight is 224 g/mol. The van der Waals surface area contributed by atoms with Crippen molar-refractivity contribution < 1.29 is 19.2 Å². The van der Waals surface area contributed by atoms with Crippen molar-refractivity contribution in [3.8, 4) is 0 Å². The fraction of sp³-hybridized carbons (Fsp3) is 0.857. The van der Waals surface area contributed by atoms with Crippen LogP contribution in [0.2, 0.25) is 0 Å². The lowest BCUT2D eigenvalue weighted by atomic mass is 10.2. The Morgan fingerprint density at radius 3 is 2.64 bits per heavy atom. The van der Waals surface area contributed by atoms with Gasteiger partial charge in [-0.15, -0.1) is 0 Å². The zero-order valence-electron chi connectivity index (χ0n) is 8.38. The summed E-state index contributed by atoms with van der Waals surface area (Å²) in [4.78, 5) is 9.19. The standard InChI is InChI=1S/C7H17N2O4P/c1-6(2)3-4-13-14(11,12)5-7(8)9-10/h6,10H,3-5H2,1-2H3,(H2,8,9)(H,11,12). The van der Waals surface area contributed by atoms with E-state index in [1.807, 2.05) is 13.8 Å². The second-order valence-corrected chi connectivity index (χ2v) is 5.25. The Morgan fingerprint density at radius 1 is 1.64 bits per heavy atom. The van der Waals surface area contributed by atoms with Gasteiger partial charge in [-0.25, -0.2) is 0 Å². The summed E-state index contributed by atoms with van der Waals surface area (Å²) in [5.74, 6) is 0.0965. The average Bonchev–Trinajstić information content (AvgIpc) is 2.02. The van der Waals surface area contributed by atoms with Crippen LogP contribution in [0.1, 0.15) is 20.3 Å². The number of amidine groups is 1. The van der Waals surface area contributed by atoms with Crippen molar-refractivity contribution in [3.05, 3.63) is 0 Å². The molecular weight excluding hydrogens is 207 g/mol. The highest BCUT2D eigenvalue weighted by Gasteiger charge is 2.21. The maximum Gasteiger partial charge on any atom is 0.335 e. The Morgan fingerprint density at radius 2 is 2.21 bits per heavy atom. The zero-order chi connectivity index (χ0) is 11.2. The van der Waals surface area contributed by atoms with Gasteiger partial charge in [0.15, 0.2) is 5.84 Å². The lowest BCUT2D eigenvalue weighted by Crippen LogP contribution is -2.17. The Balaban J connectivity index is 3.90. The number of hydrogen-bond acceptors (Lipinski definition) is 4. The van der Waals surface area contributed by atoms with Crippen molar-refractivity contribution in [3.63, 3.8) is 0 Å². The largest absolute Gasteiger partial charge is 0.409 e. The maximum absolute atomic E-state index is 11.2. The van der Waals surface area contributed by atoms with Gasteiger partial charge in [-0.2, -0.15) is 0 Å². The molecule has 0 fully saturated rings. The van der Waals surface area contributed by atoms with Gasteiger partial charge < -0.3 is 20.4 Å². The molecule has 0 spiro atoms. The van der Waals surface area contributed by atoms with Crippen LogP contribution in [0.4, 0.5) is 0 Å². The first-order valence-corrected chi connectivity index (χ1v) is 6.06. The van der Waals surface area contributed by atoms with Gasteiger partial charge in [0.2, 0.25) is 0 Å². The second-order valence-electron chi connectivity index (χ2n) is 3.40. The van der Waals surface area contributed by atoms with E-state index in [2.05, 4.69) is 5.16 Å². The predicted molar refractivity (Wildman–Crippen MR) is 53.5 cm³/mol. The summed E-state index contributed by atoms with van der Waals surface area (Å²) in [6.07, 6.45) is 0.252. The summed E-state index contributed by atoms with van der Waals surface area (Å²) in [5.41, 5.74) is 5.08. The first-order valence-electron chi connectivity index (χ1n) is 4.30. The van der Waals surface area contributed by atoms with Gasteiger partial charge in [0.1, 0.15) is 6.16 Å². The molecule has 1 unspecified atom stereocenters. The molecule has 0 aromatic carbocycles. The van der Waals surface area contributed by atoms with Gasteiger partial charge in [0, 0.05) is 0 Å². The molecule has 0 saturated carbocycles. The monoisotopic (exact) mass is 224 g/mol. The van der Waals surface area contributed by atoms with Gasteiger partial charge in [0.25, 0.3) is 0 Å². The van der Waals surface area contributed by atoms with E-state index in [9.17, 15) is 9.46 Å². The van der Waals surface area contributed by atoms with Crippen molar-refractivity contribution in [1.29, 1.82) is 0 Å². The highest BCUT2D eigenvalue weighted by atomic mass is 31.2. The third-order valence-electron chi connectivity index (χ3n) is 1.48. The fourth-order valence-electron chi connectivity index (χ4n) is 0.713. The molecule has 4 N–H and O–H groups in total. The van der Waals surface area contributed by atoms with Crippen LogP contribution in [-0.4, -0.2) is 28.7 Å². The van der Waals surface area contributed by atoms with Crippen LogP contribution in [0.3, 0.4) is 0 Å². The molecule has 0 heterocycles. The smallest absolute Gasteiger partial charge is 0.335 e. The Hall–Kier alpha value is -0.580. The minimum atomic E-state index is -3.74. The van der Waals surface area contributed by atoms with Crippen molar-refractivity contribution in [1.82, 2.24) is 0 Å². The van der Waals surface area contributed by atoms with Gasteiger partial charge in [-0.1, -0.05) is 19.0 Å². The Kier molecular flexibility index (Phi) is 5.76. The van der Waals surface area contributed by atoms with Crippen molar-refractivity contribution >= 4 is 13.4 Å². The van der Waals surface area contributed by atoms with Crippen LogP contribution in [0.25, 0.3) is 0 Å². The number of nitrogens with zero attached hydrogens (tertiary/aromatic N) is 1. The molecule has 0 aliphatic rings. The summed E-state index contributed by atoms with van der Waals surface area (Å²) < 4.78 is 16.0. The molecule has 0 amide bonds. The molecule has 0 aromatic rings. The van der Waals surface area contributed by atoms with E-state index in [4.69, 9.17) is 15.5 Å². The molecule has 0 saturated heterocycles. The molecule has 7 heteroatoms. The van der Waals surface area contributed by atoms with E-state index in [1.54, 1.807) is 0 Å². The van der Waals surface area contributed by atoms with E-state index < -0.39 is 13.8 Å². The van der Waals surface area contributed by atoms with Gasteiger partial charge >= 0.3 is 7.60 Å². The molecular formula is C7H17N2O4P. The first kappa shape index (κ1) is 13.4. The highest BCUT2D eigenvalue weighted by Crippen LogP contribution is 2.41. The first-order chi connectivity index (χ1) is 6.37. The minimum Gasteiger partial charge on any atom is -0.409 e. The molecule has 84 valence electrons. The normalized spacial score (nSPS) is 17.0. The van der Waals surface area contributed by atoms with Crippen molar-refractivity contribution in [2.24, 2.45) is 16.8 Å². The van der Waals surface area contributed by atoms with Gasteiger partial charge in [-0.05, 0) is 12.3 Å². The fourth-order valence-corrected chi connectivity index (χ4v) is 1.67. The molecule has 0 aliphatic carbocycles. The summed E-state index contributed by atoms with van der Waals surface area (Å²) in [7, 11) is -3.74. The minimum absolute atomic E-state index is 0.199. The second kappa shape index (κ2) is 6.01. The van der Waals surface area contributed by atoms with Crippen molar-refractivity contribution in [2.75, 3.05) is 12.8 Å². The van der Waals surface area contributed by atoms with Crippen LogP contribution < -0.4 is 5.73 Å². The molecule has 14 heavy (non-hydrogen) atoms. The third kappa shape index (κ3) is 6.88. The van der Waals surface area contributed by atoms with E-state index in [-0.39, 0.29) is 12.4 Å². The SMILES string of the molecule is CC(C)CCOP(=O)(O)CC(N)=NO. The zero-order valence-corrected chi connectivity index (χ0v) is 9.28. The van der Waals surface area contributed by atoms with Crippen LogP contribution >= 0.6 is 7.60 Å². The third-order valence-corrected chi connectivity index (χ3v) is 2.79. The van der Waals surface area contributed by atoms with E-state index in [0.717, 1.165) is 0 Å². The number of oxime groups is 1. The quantitative estimate of drug-likeness (QED) is 0.205. The molecule has 0 aromatic heterocycles. The lowest BCUT2D eigenvalue weighted by molar-refractivity contribution is 0.246. The molecule has 0 radical (unpaired) electrons. The summed E-state index contributed by atoms with van der Waals surface area (Å²) in [5, 5.41) is 10.8. The van der Waals surface area contributed by atoms with E-state index in [0.29, 0.717) is 12.3 Å². The van der Waals surface area contributed by atoms with Gasteiger partial charge in [0.05, 0.1) is 6.61 Å². The lowest BCUT2D eigenvalue weighted by Gasteiger charge is -2.11. The van der Waals surface area contributed by atoms with Crippen LogP contribution in [0.5, 0.6) is 0 Å². The van der Waals surface area contributed by atoms with E-state index >= 15 is 0 Å². The van der Waals surface area contributed by atoms with Crippen LogP contribution in [0.15, 0.2) is 5.16 Å². The topological polar surface area (TPSA) is 105 Å². The predicted octanol–water partition coefficient (Wildman–Crippen LogP) is 0.981. The maximum atomic E-state index is 11.2. The van der Waals surface area contributed by atoms with Crippen LogP contribution in [-0.2, 0) is 9.09 Å². The Bertz CT molecular complexity index is 242. The highest BCUT2D eigenvalue weighted by molar-refractivity contribution is 7.53. The summed E-state index contributed by atoms with van der Waals surface area (Å²) >= 11 is 0. The molecule has 0 rings (SSSR count). The molecule has 1 atom stereocenters. The number of hydrogen-bond donors (Lipinski definition) is 3. The van der Waals surface area contributed by atoms with Crippen LogP contribution in [0, 0.1) is 5.92 Å². The Labute approximate surface area is 83.3 Å². The molecule has 0 aliphatic heterocycles. The number of nitrogens with two attached hydrogens (primary N) is 1. The summed E-state index contributed by atoms with van der Waals surface area (Å²) in [6, 6.07) is 0. The van der Waals surface area contributed by atoms with Gasteiger partial charge in [-0.3, -0.25) is 4.57 Å².